The highest BCUT2D eigenvalue weighted by molar-refractivity contribution is 5.94. The van der Waals surface area contributed by atoms with E-state index < -0.39 is 61.1 Å². The summed E-state index contributed by atoms with van der Waals surface area (Å²) in [5.41, 5.74) is 6.02. The minimum atomic E-state index is -1.53. The Bertz CT molecular complexity index is 742. The maximum absolute atomic E-state index is 12.9. The number of nitrogens with zero attached hydrogens (tertiary/aromatic N) is 1. The van der Waals surface area contributed by atoms with E-state index in [1.54, 1.807) is 13.8 Å². The highest BCUT2D eigenvalue weighted by Gasteiger charge is 2.32. The van der Waals surface area contributed by atoms with Crippen molar-refractivity contribution in [2.24, 2.45) is 11.7 Å². The molecule has 13 nitrogen and oxygen atoms in total. The predicted octanol–water partition coefficient (Wildman–Crippen LogP) is -3.15. The number of hydrogen-bond acceptors (Lipinski definition) is 8. The molecule has 0 aromatic carbocycles. The van der Waals surface area contributed by atoms with Crippen molar-refractivity contribution in [3.8, 4) is 0 Å². The van der Waals surface area contributed by atoms with Crippen LogP contribution in [-0.2, 0) is 25.6 Å². The van der Waals surface area contributed by atoms with Crippen LogP contribution >= 0.6 is 0 Å². The van der Waals surface area contributed by atoms with E-state index in [0.717, 1.165) is 0 Å². The fourth-order valence-corrected chi connectivity index (χ4v) is 2.59. The van der Waals surface area contributed by atoms with Gasteiger partial charge in [-0.05, 0) is 5.92 Å². The molecule has 1 heterocycles. The summed E-state index contributed by atoms with van der Waals surface area (Å²) in [5, 5.41) is 34.4. The number of carboxylic acids is 1. The smallest absolute Gasteiger partial charge is 0.328 e. The summed E-state index contributed by atoms with van der Waals surface area (Å²) in [6.07, 6.45) is 3.32. The van der Waals surface area contributed by atoms with Crippen molar-refractivity contribution < 1.29 is 34.5 Å². The lowest BCUT2D eigenvalue weighted by atomic mass is 9.97. The van der Waals surface area contributed by atoms with E-state index in [1.807, 2.05) is 0 Å². The molecule has 3 amide bonds. The molecule has 0 bridgehead atoms. The monoisotopic (exact) mass is 442 g/mol. The summed E-state index contributed by atoms with van der Waals surface area (Å²) in [5.74, 6) is -4.09. The van der Waals surface area contributed by atoms with Gasteiger partial charge in [0.15, 0.2) is 0 Å². The molecule has 5 atom stereocenters. The number of carbonyl (C=O) groups excluding carboxylic acids is 3. The van der Waals surface area contributed by atoms with Crippen molar-refractivity contribution in [3.05, 3.63) is 18.2 Å². The van der Waals surface area contributed by atoms with Gasteiger partial charge in [0, 0.05) is 18.3 Å². The molecular formula is C18H30N6O7. The zero-order chi connectivity index (χ0) is 23.6. The minimum absolute atomic E-state index is 0.00103. The fraction of sp³-hybridized carbons (Fsp3) is 0.611. The van der Waals surface area contributed by atoms with E-state index in [-0.39, 0.29) is 12.3 Å². The first-order chi connectivity index (χ1) is 14.6. The van der Waals surface area contributed by atoms with Crippen LogP contribution in [-0.4, -0.2) is 86.4 Å². The Morgan fingerprint density at radius 1 is 1.06 bits per heavy atom. The lowest BCUT2D eigenvalue weighted by Gasteiger charge is -2.27. The Morgan fingerprint density at radius 3 is 2.19 bits per heavy atom. The first-order valence-electron chi connectivity index (χ1n) is 9.72. The first-order valence-corrected chi connectivity index (χ1v) is 9.72. The van der Waals surface area contributed by atoms with Crippen molar-refractivity contribution in [2.75, 3.05) is 13.2 Å². The highest BCUT2D eigenvalue weighted by atomic mass is 16.4. The average Bonchev–Trinajstić information content (AvgIpc) is 3.26. The molecule has 1 aromatic rings. The standard InChI is InChI=1S/C18H30N6O7/c1-3-9(2)14(17(29)23-13(7-26)18(30)31)24-16(28)12(4-10-5-20-8-21-10)22-15(27)11(19)6-25/h5,8-9,11-14,25-26H,3-4,6-7,19H2,1-2H3,(H,20,21)(H,22,27)(H,23,29)(H,24,28)(H,30,31). The van der Waals surface area contributed by atoms with Crippen molar-refractivity contribution >= 4 is 23.7 Å². The molecule has 174 valence electrons. The van der Waals surface area contributed by atoms with Crippen LogP contribution in [0, 0.1) is 5.92 Å². The number of carbonyl (C=O) groups is 4. The van der Waals surface area contributed by atoms with Crippen molar-refractivity contribution in [2.45, 2.75) is 50.9 Å². The number of rotatable bonds is 13. The highest BCUT2D eigenvalue weighted by Crippen LogP contribution is 2.10. The Morgan fingerprint density at radius 2 is 1.71 bits per heavy atom. The molecule has 1 rings (SSSR count). The summed E-state index contributed by atoms with van der Waals surface area (Å²) in [4.78, 5) is 55.4. The summed E-state index contributed by atoms with van der Waals surface area (Å²) in [6.45, 7) is 2.02. The third kappa shape index (κ3) is 7.96. The summed E-state index contributed by atoms with van der Waals surface area (Å²) < 4.78 is 0. The largest absolute Gasteiger partial charge is 0.480 e. The van der Waals surface area contributed by atoms with Crippen LogP contribution in [0.15, 0.2) is 12.5 Å². The SMILES string of the molecule is CCC(C)C(NC(=O)C(Cc1cnc[nH]1)NC(=O)C(N)CO)C(=O)NC(CO)C(=O)O. The van der Waals surface area contributed by atoms with Crippen LogP contribution in [0.1, 0.15) is 26.0 Å². The lowest BCUT2D eigenvalue weighted by Crippen LogP contribution is -2.59. The van der Waals surface area contributed by atoms with Gasteiger partial charge in [-0.3, -0.25) is 14.4 Å². The number of aliphatic carboxylic acids is 1. The number of imidazole rings is 1. The van der Waals surface area contributed by atoms with E-state index in [4.69, 9.17) is 21.1 Å². The third-order valence-electron chi connectivity index (χ3n) is 4.74. The molecule has 0 radical (unpaired) electrons. The van der Waals surface area contributed by atoms with E-state index in [0.29, 0.717) is 12.1 Å². The third-order valence-corrected chi connectivity index (χ3v) is 4.74. The molecule has 0 aliphatic rings. The van der Waals surface area contributed by atoms with E-state index >= 15 is 0 Å². The molecule has 13 heteroatoms. The molecule has 31 heavy (non-hydrogen) atoms. The number of nitrogens with one attached hydrogen (secondary N) is 4. The second kappa shape index (κ2) is 12.6. The normalized spacial score (nSPS) is 15.8. The van der Waals surface area contributed by atoms with Gasteiger partial charge < -0.3 is 42.0 Å². The van der Waals surface area contributed by atoms with E-state index in [2.05, 4.69) is 25.9 Å². The first kappa shape index (κ1) is 26.0. The molecule has 0 fully saturated rings. The van der Waals surface area contributed by atoms with Crippen LogP contribution in [0.5, 0.6) is 0 Å². The topological polar surface area (TPSA) is 220 Å². The van der Waals surface area contributed by atoms with Gasteiger partial charge in [-0.15, -0.1) is 0 Å². The van der Waals surface area contributed by atoms with Gasteiger partial charge in [0.1, 0.15) is 24.2 Å². The fourth-order valence-electron chi connectivity index (χ4n) is 2.59. The van der Waals surface area contributed by atoms with E-state index in [1.165, 1.54) is 12.5 Å². The van der Waals surface area contributed by atoms with Crippen LogP contribution < -0.4 is 21.7 Å². The van der Waals surface area contributed by atoms with Gasteiger partial charge in [0.25, 0.3) is 0 Å². The minimum Gasteiger partial charge on any atom is -0.480 e. The molecule has 0 aliphatic carbocycles. The molecular weight excluding hydrogens is 412 g/mol. The maximum atomic E-state index is 12.9. The van der Waals surface area contributed by atoms with Crippen LogP contribution in [0.4, 0.5) is 0 Å². The molecule has 1 aromatic heterocycles. The molecule has 0 aliphatic heterocycles. The second-order valence-corrected chi connectivity index (χ2v) is 7.08. The van der Waals surface area contributed by atoms with Gasteiger partial charge in [0.05, 0.1) is 19.5 Å². The predicted molar refractivity (Wildman–Crippen MR) is 107 cm³/mol. The molecule has 5 unspecified atom stereocenters. The zero-order valence-electron chi connectivity index (χ0n) is 17.4. The number of aromatic amines is 1. The van der Waals surface area contributed by atoms with Crippen LogP contribution in [0.2, 0.25) is 0 Å². The Balaban J connectivity index is 3.03. The van der Waals surface area contributed by atoms with Gasteiger partial charge >= 0.3 is 5.97 Å². The number of H-pyrrole nitrogens is 1. The Labute approximate surface area is 178 Å². The van der Waals surface area contributed by atoms with Crippen LogP contribution in [0.3, 0.4) is 0 Å². The average molecular weight is 442 g/mol. The molecule has 0 saturated heterocycles. The van der Waals surface area contributed by atoms with Crippen LogP contribution in [0.25, 0.3) is 0 Å². The molecule has 0 saturated carbocycles. The maximum Gasteiger partial charge on any atom is 0.328 e. The number of amides is 3. The number of aromatic nitrogens is 2. The number of aliphatic hydroxyl groups excluding tert-OH is 2. The van der Waals surface area contributed by atoms with Gasteiger partial charge in [-0.2, -0.15) is 0 Å². The van der Waals surface area contributed by atoms with Gasteiger partial charge in [-0.1, -0.05) is 20.3 Å². The second-order valence-electron chi connectivity index (χ2n) is 7.08. The van der Waals surface area contributed by atoms with Gasteiger partial charge in [-0.25, -0.2) is 9.78 Å². The summed E-state index contributed by atoms with van der Waals surface area (Å²) >= 11 is 0. The van der Waals surface area contributed by atoms with Crippen molar-refractivity contribution in [1.29, 1.82) is 0 Å². The van der Waals surface area contributed by atoms with Gasteiger partial charge in [0.2, 0.25) is 17.7 Å². The van der Waals surface area contributed by atoms with E-state index in [9.17, 15) is 19.2 Å². The molecule has 9 N–H and O–H groups in total. The Kier molecular flexibility index (Phi) is 10.6. The number of nitrogens with two attached hydrogens (primary N) is 1. The zero-order valence-corrected chi connectivity index (χ0v) is 17.4. The number of aliphatic hydroxyl groups is 2. The summed E-state index contributed by atoms with van der Waals surface area (Å²) in [6, 6.07) is -5.05. The lowest BCUT2D eigenvalue weighted by molar-refractivity contribution is -0.143. The molecule has 0 spiro atoms. The number of hydrogen-bond donors (Lipinski definition) is 8. The quantitative estimate of drug-likeness (QED) is 0.154. The summed E-state index contributed by atoms with van der Waals surface area (Å²) in [7, 11) is 0. The van der Waals surface area contributed by atoms with Crippen molar-refractivity contribution in [1.82, 2.24) is 25.9 Å². The Hall–Kier alpha value is -3.03. The number of carboxylic acid groups (broad SMARTS) is 1. The van der Waals surface area contributed by atoms with Crippen molar-refractivity contribution in [3.63, 3.8) is 0 Å².